The van der Waals surface area contributed by atoms with Crippen molar-refractivity contribution in [2.45, 2.75) is 13.1 Å². The number of carbonyl (C=O) groups excluding carboxylic acids is 1. The molecule has 1 heterocycles. The van der Waals surface area contributed by atoms with E-state index < -0.39 is 0 Å². The van der Waals surface area contributed by atoms with Crippen LogP contribution >= 0.6 is 11.6 Å². The van der Waals surface area contributed by atoms with Crippen molar-refractivity contribution in [3.05, 3.63) is 101 Å². The van der Waals surface area contributed by atoms with Crippen LogP contribution in [0.4, 0.5) is 0 Å². The summed E-state index contributed by atoms with van der Waals surface area (Å²) >= 11 is 6.33. The number of phenolic OH excluding ortho intramolecular Hbond substituents is 1. The molecular formula is C26H24ClN3O3. The van der Waals surface area contributed by atoms with Gasteiger partial charge in [0.25, 0.3) is 5.91 Å². The van der Waals surface area contributed by atoms with Crippen LogP contribution < -0.4 is 4.74 Å². The molecule has 1 aromatic heterocycles. The molecule has 0 saturated heterocycles. The van der Waals surface area contributed by atoms with Crippen molar-refractivity contribution in [1.29, 1.82) is 0 Å². The second kappa shape index (κ2) is 10.2. The number of nitrogens with zero attached hydrogens (tertiary/aromatic N) is 3. The Morgan fingerprint density at radius 3 is 2.45 bits per heavy atom. The first-order valence-corrected chi connectivity index (χ1v) is 10.9. The molecule has 0 spiro atoms. The lowest BCUT2D eigenvalue weighted by Crippen LogP contribution is -2.31. The monoisotopic (exact) mass is 461 g/mol. The zero-order valence-corrected chi connectivity index (χ0v) is 18.9. The highest BCUT2D eigenvalue weighted by Crippen LogP contribution is 2.26. The summed E-state index contributed by atoms with van der Waals surface area (Å²) in [5, 5.41) is 15.3. The number of halogens is 1. The second-order valence-corrected chi connectivity index (χ2v) is 8.07. The number of ether oxygens (including phenoxy) is 1. The van der Waals surface area contributed by atoms with Crippen LogP contribution in [0.2, 0.25) is 5.02 Å². The van der Waals surface area contributed by atoms with Crippen LogP contribution in [-0.2, 0) is 17.9 Å². The van der Waals surface area contributed by atoms with Crippen LogP contribution in [0, 0.1) is 0 Å². The van der Waals surface area contributed by atoms with Gasteiger partial charge in [0.05, 0.1) is 12.2 Å². The van der Waals surface area contributed by atoms with E-state index in [0.717, 1.165) is 22.4 Å². The minimum atomic E-state index is -0.212. The molecular weight excluding hydrogens is 438 g/mol. The first-order chi connectivity index (χ1) is 16.0. The Morgan fingerprint density at radius 2 is 1.70 bits per heavy atom. The molecule has 33 heavy (non-hydrogen) atoms. The molecule has 0 saturated carbocycles. The van der Waals surface area contributed by atoms with Crippen LogP contribution in [0.15, 0.2) is 85.1 Å². The van der Waals surface area contributed by atoms with Crippen molar-refractivity contribution in [1.82, 2.24) is 14.7 Å². The SMILES string of the molecule is CN(Cc1cn(Cc2ccccc2Cl)nc1-c1ccccc1)C(=O)COc1ccccc1O. The molecule has 3 aromatic carbocycles. The topological polar surface area (TPSA) is 67.6 Å². The lowest BCUT2D eigenvalue weighted by atomic mass is 10.1. The number of hydrogen-bond donors (Lipinski definition) is 1. The van der Waals surface area contributed by atoms with Crippen LogP contribution in [0.5, 0.6) is 11.5 Å². The lowest BCUT2D eigenvalue weighted by molar-refractivity contribution is -0.132. The summed E-state index contributed by atoms with van der Waals surface area (Å²) in [7, 11) is 1.72. The van der Waals surface area contributed by atoms with Crippen LogP contribution in [-0.4, -0.2) is 39.3 Å². The summed E-state index contributed by atoms with van der Waals surface area (Å²) in [6.07, 6.45) is 1.94. The fraction of sp³-hybridized carbons (Fsp3) is 0.154. The number of likely N-dealkylation sites (N-methyl/N-ethyl adjacent to an activating group) is 1. The molecule has 0 aliphatic rings. The van der Waals surface area contributed by atoms with Gasteiger partial charge in [0.2, 0.25) is 0 Å². The van der Waals surface area contributed by atoms with Gasteiger partial charge in [-0.15, -0.1) is 0 Å². The van der Waals surface area contributed by atoms with E-state index in [1.54, 1.807) is 30.1 Å². The number of para-hydroxylation sites is 2. The summed E-state index contributed by atoms with van der Waals surface area (Å²) in [5.41, 5.74) is 3.65. The van der Waals surface area contributed by atoms with Gasteiger partial charge < -0.3 is 14.7 Å². The third-order valence-corrected chi connectivity index (χ3v) is 5.59. The zero-order chi connectivity index (χ0) is 23.2. The standard InChI is InChI=1S/C26H24ClN3O3/c1-29(25(32)18-33-24-14-8-7-13-23(24)31)15-21-17-30(16-20-11-5-6-12-22(20)27)28-26(21)19-9-3-2-4-10-19/h2-14,17,31H,15-16,18H2,1H3. The van der Waals surface area contributed by atoms with Crippen LogP contribution in [0.25, 0.3) is 11.3 Å². The van der Waals surface area contributed by atoms with Gasteiger partial charge in [-0.3, -0.25) is 9.48 Å². The van der Waals surface area contributed by atoms with Crippen molar-refractivity contribution in [3.63, 3.8) is 0 Å². The smallest absolute Gasteiger partial charge is 0.260 e. The van der Waals surface area contributed by atoms with Gasteiger partial charge in [-0.2, -0.15) is 5.10 Å². The number of carbonyl (C=O) groups is 1. The quantitative estimate of drug-likeness (QED) is 0.401. The minimum Gasteiger partial charge on any atom is -0.504 e. The first kappa shape index (κ1) is 22.4. The van der Waals surface area contributed by atoms with Crippen molar-refractivity contribution < 1.29 is 14.6 Å². The summed E-state index contributed by atoms with van der Waals surface area (Å²) in [6.45, 7) is 0.700. The molecule has 1 amide bonds. The number of hydrogen-bond acceptors (Lipinski definition) is 4. The molecule has 168 valence electrons. The number of phenols is 1. The second-order valence-electron chi connectivity index (χ2n) is 7.66. The predicted molar refractivity (Wildman–Crippen MR) is 128 cm³/mol. The summed E-state index contributed by atoms with van der Waals surface area (Å²) in [5.74, 6) is 0.0630. The van der Waals surface area contributed by atoms with E-state index in [4.69, 9.17) is 21.4 Å². The molecule has 7 heteroatoms. The Morgan fingerprint density at radius 1 is 1.00 bits per heavy atom. The fourth-order valence-corrected chi connectivity index (χ4v) is 3.67. The average Bonchev–Trinajstić information content (AvgIpc) is 3.22. The van der Waals surface area contributed by atoms with E-state index in [2.05, 4.69) is 0 Å². The highest BCUT2D eigenvalue weighted by atomic mass is 35.5. The summed E-state index contributed by atoms with van der Waals surface area (Å²) in [6, 6.07) is 24.1. The Bertz CT molecular complexity index is 1240. The number of amides is 1. The molecule has 1 N–H and O–H groups in total. The van der Waals surface area contributed by atoms with Gasteiger partial charge in [-0.1, -0.05) is 72.3 Å². The Hall–Kier alpha value is -3.77. The van der Waals surface area contributed by atoms with E-state index in [1.807, 2.05) is 65.5 Å². The molecule has 0 aliphatic carbocycles. The highest BCUT2D eigenvalue weighted by molar-refractivity contribution is 6.31. The van der Waals surface area contributed by atoms with E-state index in [-0.39, 0.29) is 24.0 Å². The van der Waals surface area contributed by atoms with Gasteiger partial charge in [-0.25, -0.2) is 0 Å². The molecule has 0 radical (unpaired) electrons. The van der Waals surface area contributed by atoms with Gasteiger partial charge in [-0.05, 0) is 23.8 Å². The molecule has 0 atom stereocenters. The Kier molecular flexibility index (Phi) is 6.95. The maximum Gasteiger partial charge on any atom is 0.260 e. The molecule has 4 rings (SSSR count). The van der Waals surface area contributed by atoms with Crippen molar-refractivity contribution in [3.8, 4) is 22.8 Å². The van der Waals surface area contributed by atoms with Gasteiger partial charge in [0.15, 0.2) is 18.1 Å². The number of aromatic hydroxyl groups is 1. The van der Waals surface area contributed by atoms with E-state index in [1.165, 1.54) is 6.07 Å². The summed E-state index contributed by atoms with van der Waals surface area (Å²) < 4.78 is 7.34. The van der Waals surface area contributed by atoms with Crippen LogP contribution in [0.1, 0.15) is 11.1 Å². The summed E-state index contributed by atoms with van der Waals surface area (Å²) in [4.78, 5) is 14.3. The molecule has 0 aliphatic heterocycles. The average molecular weight is 462 g/mol. The van der Waals surface area contributed by atoms with E-state index >= 15 is 0 Å². The minimum absolute atomic E-state index is 0.000154. The number of rotatable bonds is 8. The van der Waals surface area contributed by atoms with Crippen molar-refractivity contribution in [2.75, 3.05) is 13.7 Å². The van der Waals surface area contributed by atoms with Gasteiger partial charge >= 0.3 is 0 Å². The normalized spacial score (nSPS) is 10.7. The van der Waals surface area contributed by atoms with Crippen molar-refractivity contribution in [2.24, 2.45) is 0 Å². The van der Waals surface area contributed by atoms with Crippen LogP contribution in [0.3, 0.4) is 0 Å². The van der Waals surface area contributed by atoms with Crippen molar-refractivity contribution >= 4 is 17.5 Å². The highest BCUT2D eigenvalue weighted by Gasteiger charge is 2.17. The Balaban J connectivity index is 1.52. The maximum atomic E-state index is 12.7. The fourth-order valence-electron chi connectivity index (χ4n) is 3.47. The molecule has 4 aromatic rings. The first-order valence-electron chi connectivity index (χ1n) is 10.5. The third kappa shape index (κ3) is 5.54. The van der Waals surface area contributed by atoms with Gasteiger partial charge in [0, 0.05) is 35.9 Å². The number of aromatic nitrogens is 2. The number of benzene rings is 3. The molecule has 6 nitrogen and oxygen atoms in total. The maximum absolute atomic E-state index is 12.7. The predicted octanol–water partition coefficient (Wildman–Crippen LogP) is 4.99. The molecule has 0 fully saturated rings. The molecule has 0 bridgehead atoms. The lowest BCUT2D eigenvalue weighted by Gasteiger charge is -2.17. The zero-order valence-electron chi connectivity index (χ0n) is 18.2. The third-order valence-electron chi connectivity index (χ3n) is 5.22. The Labute approximate surface area is 197 Å². The largest absolute Gasteiger partial charge is 0.504 e. The molecule has 0 unspecified atom stereocenters. The van der Waals surface area contributed by atoms with Gasteiger partial charge in [0.1, 0.15) is 0 Å². The van der Waals surface area contributed by atoms with E-state index in [9.17, 15) is 9.90 Å². The van der Waals surface area contributed by atoms with E-state index in [0.29, 0.717) is 18.1 Å².